The molecule has 6 rings (SSSR count). The van der Waals surface area contributed by atoms with E-state index in [1.54, 1.807) is 25.1 Å². The first-order valence-electron chi connectivity index (χ1n) is 11.8. The molecule has 3 aliphatic rings. The Kier molecular flexibility index (Phi) is 5.27. The van der Waals surface area contributed by atoms with Gasteiger partial charge in [-0.2, -0.15) is 5.10 Å². The van der Waals surface area contributed by atoms with Crippen molar-refractivity contribution in [1.29, 1.82) is 0 Å². The molecule has 0 bridgehead atoms. The second-order valence-corrected chi connectivity index (χ2v) is 11.1. The van der Waals surface area contributed by atoms with E-state index in [4.69, 9.17) is 4.98 Å². The number of carbonyl (C=O) groups excluding carboxylic acids is 1. The van der Waals surface area contributed by atoms with E-state index in [2.05, 4.69) is 43.9 Å². The summed E-state index contributed by atoms with van der Waals surface area (Å²) in [6.45, 7) is 8.39. The summed E-state index contributed by atoms with van der Waals surface area (Å²) in [5.74, 6) is 1.63. The van der Waals surface area contributed by atoms with Gasteiger partial charge in [0.25, 0.3) is 7.41 Å². The molecule has 3 aromatic heterocycles. The van der Waals surface area contributed by atoms with Crippen molar-refractivity contribution in [2.45, 2.75) is 25.8 Å². The Bertz CT molecular complexity index is 1170. The van der Waals surface area contributed by atoms with Gasteiger partial charge in [0.05, 0.1) is 17.8 Å². The highest BCUT2D eigenvalue weighted by atomic mass is 32.1. The number of nitrogens with zero attached hydrogens (tertiary/aromatic N) is 7. The molecule has 1 unspecified atom stereocenters. The van der Waals surface area contributed by atoms with Crippen LogP contribution in [0.2, 0.25) is 0 Å². The van der Waals surface area contributed by atoms with E-state index < -0.39 is 0 Å². The van der Waals surface area contributed by atoms with Crippen LogP contribution in [0.3, 0.4) is 0 Å². The minimum absolute atomic E-state index is 0.333. The molecule has 1 atom stereocenters. The molecule has 1 spiro atoms. The fraction of sp³-hybridized carbons (Fsp3) is 0.565. The van der Waals surface area contributed by atoms with Crippen LogP contribution in [-0.4, -0.2) is 82.3 Å². The molecule has 33 heavy (non-hydrogen) atoms. The normalized spacial score (nSPS) is 21.9. The number of hydrogen-bond acceptors (Lipinski definition) is 8. The Hall–Kier alpha value is -2.30. The molecule has 3 fully saturated rings. The topological polar surface area (TPSA) is 70.4 Å². The number of aromatic nitrogens is 4. The Morgan fingerprint density at radius 1 is 1.30 bits per heavy atom. The van der Waals surface area contributed by atoms with Gasteiger partial charge in [0.1, 0.15) is 17.0 Å². The average molecular weight is 462 g/mol. The average Bonchev–Trinajstić information content (AvgIpc) is 3.49. The van der Waals surface area contributed by atoms with E-state index >= 15 is 0 Å². The van der Waals surface area contributed by atoms with Crippen molar-refractivity contribution >= 4 is 41.0 Å². The Labute approximate surface area is 198 Å². The molecule has 0 N–H and O–H groups in total. The number of carbonyl (C=O) groups is 1. The smallest absolute Gasteiger partial charge is 0.293 e. The van der Waals surface area contributed by atoms with Crippen molar-refractivity contribution < 1.29 is 4.79 Å². The summed E-state index contributed by atoms with van der Waals surface area (Å²) in [6, 6.07) is 2.65. The first kappa shape index (κ1) is 21.3. The summed E-state index contributed by atoms with van der Waals surface area (Å²) >= 11 is 1.79. The first-order chi connectivity index (χ1) is 16.1. The molecule has 3 aliphatic heterocycles. The molecule has 3 saturated heterocycles. The van der Waals surface area contributed by atoms with E-state index in [9.17, 15) is 4.79 Å². The van der Waals surface area contributed by atoms with E-state index in [1.807, 2.05) is 17.9 Å². The van der Waals surface area contributed by atoms with Crippen LogP contribution < -0.4 is 4.90 Å². The number of aryl methyl sites for hydroxylation is 2. The van der Waals surface area contributed by atoms with E-state index in [1.165, 1.54) is 22.2 Å². The highest BCUT2D eigenvalue weighted by Gasteiger charge is 2.52. The first-order valence-corrected chi connectivity index (χ1v) is 12.6. The number of fused-ring (bicyclic) bond motifs is 1. The molecule has 1 radical (unpaired) electrons. The van der Waals surface area contributed by atoms with Crippen LogP contribution >= 0.6 is 11.3 Å². The van der Waals surface area contributed by atoms with Crippen molar-refractivity contribution in [2.75, 3.05) is 44.2 Å². The summed E-state index contributed by atoms with van der Waals surface area (Å²) in [7, 11) is 3.65. The summed E-state index contributed by atoms with van der Waals surface area (Å²) in [4.78, 5) is 29.8. The lowest BCUT2D eigenvalue weighted by molar-refractivity contribution is -0.0558. The second kappa shape index (κ2) is 8.18. The van der Waals surface area contributed by atoms with E-state index in [-0.39, 0.29) is 0 Å². The maximum atomic E-state index is 10.8. The number of thiophene rings is 1. The Morgan fingerprint density at radius 2 is 2.15 bits per heavy atom. The van der Waals surface area contributed by atoms with E-state index in [0.717, 1.165) is 62.5 Å². The van der Waals surface area contributed by atoms with Gasteiger partial charge in [0.15, 0.2) is 0 Å². The number of likely N-dealkylation sites (tertiary alicyclic amines) is 1. The monoisotopic (exact) mass is 462 g/mol. The van der Waals surface area contributed by atoms with Crippen LogP contribution in [0.1, 0.15) is 29.8 Å². The van der Waals surface area contributed by atoms with Crippen LogP contribution in [-0.2, 0) is 18.3 Å². The van der Waals surface area contributed by atoms with Gasteiger partial charge in [-0.25, -0.2) is 9.97 Å². The Morgan fingerprint density at radius 3 is 2.88 bits per heavy atom. The molecular weight excluding hydrogens is 433 g/mol. The summed E-state index contributed by atoms with van der Waals surface area (Å²) in [6.07, 6.45) is 9.03. The molecule has 0 aromatic carbocycles. The third kappa shape index (κ3) is 3.68. The fourth-order valence-corrected chi connectivity index (χ4v) is 6.97. The summed E-state index contributed by atoms with van der Waals surface area (Å²) < 4.78 is 1.90. The third-order valence-electron chi connectivity index (χ3n) is 7.64. The maximum absolute atomic E-state index is 10.8. The quantitative estimate of drug-likeness (QED) is 0.393. The van der Waals surface area contributed by atoms with Gasteiger partial charge in [0, 0.05) is 67.2 Å². The van der Waals surface area contributed by atoms with Crippen molar-refractivity contribution in [3.8, 4) is 0 Å². The van der Waals surface area contributed by atoms with Crippen LogP contribution in [0, 0.1) is 11.3 Å². The molecule has 8 nitrogen and oxygen atoms in total. The number of hydrogen-bond donors (Lipinski definition) is 0. The number of anilines is 1. The van der Waals surface area contributed by atoms with Gasteiger partial charge in [-0.15, -0.1) is 11.3 Å². The molecule has 0 amide bonds. The summed E-state index contributed by atoms with van der Waals surface area (Å²) in [5, 5.41) is 5.65. The summed E-state index contributed by atoms with van der Waals surface area (Å²) in [5.41, 5.74) is 1.63. The molecular formula is C23H29BN7OS. The molecule has 10 heteroatoms. The van der Waals surface area contributed by atoms with Crippen LogP contribution in [0.15, 0.2) is 24.8 Å². The Balaban J connectivity index is 1.17. The largest absolute Gasteiger partial charge is 0.355 e. The third-order valence-corrected chi connectivity index (χ3v) is 8.83. The van der Waals surface area contributed by atoms with Gasteiger partial charge in [-0.3, -0.25) is 9.58 Å². The van der Waals surface area contributed by atoms with Crippen molar-refractivity contribution in [2.24, 2.45) is 18.4 Å². The van der Waals surface area contributed by atoms with Gasteiger partial charge in [-0.05, 0) is 32.0 Å². The van der Waals surface area contributed by atoms with E-state index in [0.29, 0.717) is 17.4 Å². The van der Waals surface area contributed by atoms with Crippen LogP contribution in [0.4, 0.5) is 5.82 Å². The van der Waals surface area contributed by atoms with Gasteiger partial charge in [0.2, 0.25) is 0 Å². The maximum Gasteiger partial charge on any atom is 0.293 e. The lowest BCUT2D eigenvalue weighted by atomic mass is 9.73. The highest BCUT2D eigenvalue weighted by Crippen LogP contribution is 2.48. The fourth-order valence-electron chi connectivity index (χ4n) is 6.04. The van der Waals surface area contributed by atoms with Crippen molar-refractivity contribution in [3.05, 3.63) is 35.2 Å². The minimum atomic E-state index is 0.333. The van der Waals surface area contributed by atoms with Crippen LogP contribution in [0.5, 0.6) is 0 Å². The molecule has 0 saturated carbocycles. The molecule has 3 aromatic rings. The lowest BCUT2D eigenvalue weighted by Gasteiger charge is -2.56. The zero-order chi connectivity index (χ0) is 22.6. The predicted octanol–water partition coefficient (Wildman–Crippen LogP) is 1.98. The van der Waals surface area contributed by atoms with Crippen molar-refractivity contribution in [3.63, 3.8) is 0 Å². The molecule has 0 aliphatic carbocycles. The second-order valence-electron chi connectivity index (χ2n) is 9.95. The molecule has 171 valence electrons. The standard InChI is InChI=1S/C23H29BN7OS/c1-3-18-6-19-21(25-15-26-22(19)33-18)29-5-4-23(11-29)12-30(13-23)20(16-7-27-28(2)8-16)17-9-31(10-17)24-14-32/h6-8,14-15,17,20H,3-5,9-13H2,1-2H3. The highest BCUT2D eigenvalue weighted by molar-refractivity contribution is 7.18. The SMILES string of the molecule is CCc1cc2c(N3CCC4(C3)CN(C(c3cnn(C)c3)C3CN([B]C=O)C3)C4)ncnc2s1. The zero-order valence-electron chi connectivity index (χ0n) is 19.2. The molecule has 6 heterocycles. The van der Waals surface area contributed by atoms with Crippen molar-refractivity contribution in [1.82, 2.24) is 29.5 Å². The van der Waals surface area contributed by atoms with Gasteiger partial charge in [-0.1, -0.05) is 6.92 Å². The predicted molar refractivity (Wildman–Crippen MR) is 131 cm³/mol. The van der Waals surface area contributed by atoms with Gasteiger partial charge >= 0.3 is 0 Å². The number of rotatable bonds is 7. The van der Waals surface area contributed by atoms with Gasteiger partial charge < -0.3 is 14.5 Å². The minimum Gasteiger partial charge on any atom is -0.355 e. The lowest BCUT2D eigenvalue weighted by Crippen LogP contribution is -2.63. The zero-order valence-corrected chi connectivity index (χ0v) is 20.0. The van der Waals surface area contributed by atoms with Crippen LogP contribution in [0.25, 0.3) is 10.2 Å².